The molecule has 0 saturated carbocycles. The van der Waals surface area contributed by atoms with E-state index < -0.39 is 9.84 Å². The smallest absolute Gasteiger partial charge is 0.182 e. The molecule has 0 aliphatic carbocycles. The van der Waals surface area contributed by atoms with Gasteiger partial charge in [0.15, 0.2) is 9.84 Å². The van der Waals surface area contributed by atoms with Gasteiger partial charge in [-0.2, -0.15) is 5.26 Å². The molecule has 0 aliphatic heterocycles. The molecule has 0 unspecified atom stereocenters. The number of pyridine rings is 1. The van der Waals surface area contributed by atoms with Gasteiger partial charge in [0, 0.05) is 11.9 Å². The zero-order chi connectivity index (χ0) is 14.8. The van der Waals surface area contributed by atoms with E-state index in [-0.39, 0.29) is 16.3 Å². The number of aryl methyl sites for hydroxylation is 1. The normalized spacial score (nSPS) is 11.0. The van der Waals surface area contributed by atoms with Crippen LogP contribution in [0.4, 0.5) is 5.69 Å². The third kappa shape index (κ3) is 2.95. The highest BCUT2D eigenvalue weighted by atomic mass is 32.2. The highest BCUT2D eigenvalue weighted by Crippen LogP contribution is 2.22. The number of anilines is 1. The standard InChI is InChI=1S/C14H13N3O2S/c1-10-6-12(16)2-3-14(10)20(18,19)9-11-4-5-17-13(7-11)8-15/h2-7H,9,16H2,1H3. The van der Waals surface area contributed by atoms with E-state index in [0.717, 1.165) is 0 Å². The largest absolute Gasteiger partial charge is 0.399 e. The van der Waals surface area contributed by atoms with E-state index in [2.05, 4.69) is 4.98 Å². The number of nitrogens with two attached hydrogens (primary N) is 1. The predicted octanol–water partition coefficient (Wildman–Crippen LogP) is 1.82. The Morgan fingerprint density at radius 1 is 1.30 bits per heavy atom. The second-order valence-corrected chi connectivity index (χ2v) is 6.40. The van der Waals surface area contributed by atoms with Gasteiger partial charge in [0.1, 0.15) is 11.8 Å². The van der Waals surface area contributed by atoms with Crippen LogP contribution in [-0.2, 0) is 15.6 Å². The number of rotatable bonds is 3. The predicted molar refractivity (Wildman–Crippen MR) is 75.4 cm³/mol. The van der Waals surface area contributed by atoms with Gasteiger partial charge < -0.3 is 5.73 Å². The number of sulfone groups is 1. The van der Waals surface area contributed by atoms with Crippen LogP contribution in [0, 0.1) is 18.3 Å². The number of nitriles is 1. The zero-order valence-electron chi connectivity index (χ0n) is 10.9. The second-order valence-electron chi connectivity index (χ2n) is 4.45. The van der Waals surface area contributed by atoms with Crippen LogP contribution in [-0.4, -0.2) is 13.4 Å². The fraction of sp³-hybridized carbons (Fsp3) is 0.143. The molecule has 0 bridgehead atoms. The van der Waals surface area contributed by atoms with E-state index in [0.29, 0.717) is 16.8 Å². The van der Waals surface area contributed by atoms with Crippen molar-refractivity contribution in [3.8, 4) is 6.07 Å². The first kappa shape index (κ1) is 14.0. The molecule has 5 nitrogen and oxygen atoms in total. The Morgan fingerprint density at radius 3 is 2.70 bits per heavy atom. The molecule has 2 N–H and O–H groups in total. The van der Waals surface area contributed by atoms with Crippen LogP contribution < -0.4 is 5.73 Å². The van der Waals surface area contributed by atoms with Gasteiger partial charge in [-0.25, -0.2) is 13.4 Å². The number of nitrogens with zero attached hydrogens (tertiary/aromatic N) is 2. The van der Waals surface area contributed by atoms with Crippen molar-refractivity contribution < 1.29 is 8.42 Å². The fourth-order valence-corrected chi connectivity index (χ4v) is 3.54. The topological polar surface area (TPSA) is 96.8 Å². The van der Waals surface area contributed by atoms with Crippen molar-refractivity contribution in [1.82, 2.24) is 4.98 Å². The third-order valence-corrected chi connectivity index (χ3v) is 4.67. The molecule has 20 heavy (non-hydrogen) atoms. The molecule has 0 atom stereocenters. The average molecular weight is 287 g/mol. The maximum absolute atomic E-state index is 12.4. The van der Waals surface area contributed by atoms with Gasteiger partial charge in [0.05, 0.1) is 10.6 Å². The number of hydrogen-bond acceptors (Lipinski definition) is 5. The molecule has 0 amide bonds. The first-order chi connectivity index (χ1) is 9.42. The summed E-state index contributed by atoms with van der Waals surface area (Å²) >= 11 is 0. The van der Waals surface area contributed by atoms with Crippen molar-refractivity contribution in [1.29, 1.82) is 5.26 Å². The van der Waals surface area contributed by atoms with Crippen molar-refractivity contribution in [3.05, 3.63) is 53.3 Å². The van der Waals surface area contributed by atoms with Gasteiger partial charge in [0.25, 0.3) is 0 Å². The number of nitrogen functional groups attached to an aromatic ring is 1. The maximum Gasteiger partial charge on any atom is 0.182 e. The third-order valence-electron chi connectivity index (χ3n) is 2.83. The van der Waals surface area contributed by atoms with Gasteiger partial charge >= 0.3 is 0 Å². The molecule has 2 rings (SSSR count). The van der Waals surface area contributed by atoms with Gasteiger partial charge in [-0.05, 0) is 48.4 Å². The minimum atomic E-state index is -3.48. The minimum Gasteiger partial charge on any atom is -0.399 e. The summed E-state index contributed by atoms with van der Waals surface area (Å²) in [4.78, 5) is 4.07. The minimum absolute atomic E-state index is 0.172. The molecule has 0 spiro atoms. The zero-order valence-corrected chi connectivity index (χ0v) is 11.7. The Balaban J connectivity index is 2.38. The molecule has 0 fully saturated rings. The fourth-order valence-electron chi connectivity index (χ4n) is 1.94. The molecule has 102 valence electrons. The SMILES string of the molecule is Cc1cc(N)ccc1S(=O)(=O)Cc1ccnc(C#N)c1. The second kappa shape index (κ2) is 5.31. The van der Waals surface area contributed by atoms with Crippen LogP contribution in [0.25, 0.3) is 0 Å². The lowest BCUT2D eigenvalue weighted by Gasteiger charge is -2.08. The van der Waals surface area contributed by atoms with E-state index in [1.165, 1.54) is 18.3 Å². The molecule has 1 aromatic carbocycles. The molecule has 0 radical (unpaired) electrons. The van der Waals surface area contributed by atoms with E-state index in [9.17, 15) is 8.42 Å². The molecule has 0 saturated heterocycles. The molecular weight excluding hydrogens is 274 g/mol. The lowest BCUT2D eigenvalue weighted by atomic mass is 10.2. The van der Waals surface area contributed by atoms with Crippen LogP contribution in [0.1, 0.15) is 16.8 Å². The van der Waals surface area contributed by atoms with Crippen molar-refractivity contribution >= 4 is 15.5 Å². The molecular formula is C14H13N3O2S. The monoisotopic (exact) mass is 287 g/mol. The number of benzene rings is 1. The van der Waals surface area contributed by atoms with Crippen LogP contribution in [0.2, 0.25) is 0 Å². The molecule has 1 heterocycles. The Bertz CT molecular complexity index is 792. The first-order valence-electron chi connectivity index (χ1n) is 5.86. The summed E-state index contributed by atoms with van der Waals surface area (Å²) in [5.41, 5.74) is 7.49. The summed E-state index contributed by atoms with van der Waals surface area (Å²) in [5.74, 6) is -0.172. The molecule has 6 heteroatoms. The van der Waals surface area contributed by atoms with Gasteiger partial charge in [-0.1, -0.05) is 0 Å². The molecule has 2 aromatic rings. The lowest BCUT2D eigenvalue weighted by Crippen LogP contribution is -2.07. The summed E-state index contributed by atoms with van der Waals surface area (Å²) < 4.78 is 24.8. The summed E-state index contributed by atoms with van der Waals surface area (Å²) in [6.45, 7) is 1.70. The van der Waals surface area contributed by atoms with Crippen molar-refractivity contribution in [2.45, 2.75) is 17.6 Å². The molecule has 0 aliphatic rings. The summed E-state index contributed by atoms with van der Waals surface area (Å²) in [5, 5.41) is 8.78. The summed E-state index contributed by atoms with van der Waals surface area (Å²) in [6.07, 6.45) is 1.43. The van der Waals surface area contributed by atoms with E-state index in [1.54, 1.807) is 25.1 Å². The van der Waals surface area contributed by atoms with Crippen LogP contribution in [0.3, 0.4) is 0 Å². The van der Waals surface area contributed by atoms with Crippen LogP contribution in [0.15, 0.2) is 41.4 Å². The van der Waals surface area contributed by atoms with E-state index in [4.69, 9.17) is 11.0 Å². The Hall–Kier alpha value is -2.39. The van der Waals surface area contributed by atoms with Gasteiger partial charge in [0.2, 0.25) is 0 Å². The number of hydrogen-bond donors (Lipinski definition) is 1. The van der Waals surface area contributed by atoms with E-state index in [1.807, 2.05) is 6.07 Å². The number of aromatic nitrogens is 1. The van der Waals surface area contributed by atoms with Crippen molar-refractivity contribution in [2.75, 3.05) is 5.73 Å². The lowest BCUT2D eigenvalue weighted by molar-refractivity contribution is 0.594. The van der Waals surface area contributed by atoms with Gasteiger partial charge in [-0.15, -0.1) is 0 Å². The van der Waals surface area contributed by atoms with Crippen LogP contribution in [0.5, 0.6) is 0 Å². The van der Waals surface area contributed by atoms with Gasteiger partial charge in [-0.3, -0.25) is 0 Å². The average Bonchev–Trinajstić information content (AvgIpc) is 2.37. The van der Waals surface area contributed by atoms with Crippen LogP contribution >= 0.6 is 0 Å². The van der Waals surface area contributed by atoms with E-state index >= 15 is 0 Å². The maximum atomic E-state index is 12.4. The summed E-state index contributed by atoms with van der Waals surface area (Å²) in [6, 6.07) is 9.65. The highest BCUT2D eigenvalue weighted by Gasteiger charge is 2.18. The quantitative estimate of drug-likeness (QED) is 0.868. The van der Waals surface area contributed by atoms with Crippen molar-refractivity contribution in [3.63, 3.8) is 0 Å². The summed E-state index contributed by atoms with van der Waals surface area (Å²) in [7, 11) is -3.48. The first-order valence-corrected chi connectivity index (χ1v) is 7.51. The molecule has 1 aromatic heterocycles. The van der Waals surface area contributed by atoms with Crippen molar-refractivity contribution in [2.24, 2.45) is 0 Å². The Morgan fingerprint density at radius 2 is 2.05 bits per heavy atom. The Labute approximate surface area is 117 Å². The Kier molecular flexibility index (Phi) is 3.72. The highest BCUT2D eigenvalue weighted by molar-refractivity contribution is 7.90.